The number of piperidine rings is 2. The quantitative estimate of drug-likeness (QED) is 0.823. The molecule has 2 saturated heterocycles. The Labute approximate surface area is 125 Å². The second-order valence-electron chi connectivity index (χ2n) is 6.24. The summed E-state index contributed by atoms with van der Waals surface area (Å²) in [6.45, 7) is 5.19. The minimum atomic E-state index is -0.769. The highest BCUT2D eigenvalue weighted by molar-refractivity contribution is 5.81. The molecule has 1 N–H and O–H groups in total. The van der Waals surface area contributed by atoms with E-state index < -0.39 is 5.97 Å². The van der Waals surface area contributed by atoms with Crippen LogP contribution in [0.15, 0.2) is 0 Å². The predicted octanol–water partition coefficient (Wildman–Crippen LogP) is 0.957. The zero-order valence-electron chi connectivity index (χ0n) is 12.7. The minimum Gasteiger partial charge on any atom is -0.481 e. The lowest BCUT2D eigenvalue weighted by molar-refractivity contribution is -0.150. The first-order valence-electron chi connectivity index (χ1n) is 7.69. The van der Waals surface area contributed by atoms with Gasteiger partial charge in [0.2, 0.25) is 11.8 Å². The number of carboxylic acids is 1. The molecule has 2 aliphatic rings. The third kappa shape index (κ3) is 3.54. The first-order valence-corrected chi connectivity index (χ1v) is 7.69. The number of carbonyl (C=O) groups excluding carboxylic acids is 2. The largest absolute Gasteiger partial charge is 0.481 e. The van der Waals surface area contributed by atoms with E-state index in [4.69, 9.17) is 5.11 Å². The molecular formula is C15H24N2O4. The monoisotopic (exact) mass is 296 g/mol. The summed E-state index contributed by atoms with van der Waals surface area (Å²) in [7, 11) is 0. The highest BCUT2D eigenvalue weighted by Gasteiger charge is 2.36. The Morgan fingerprint density at radius 1 is 1.10 bits per heavy atom. The number of hydrogen-bond acceptors (Lipinski definition) is 3. The summed E-state index contributed by atoms with van der Waals surface area (Å²) in [5.74, 6) is -1.15. The van der Waals surface area contributed by atoms with Crippen molar-refractivity contribution >= 4 is 17.8 Å². The number of rotatable bonds is 2. The fraction of sp³-hybridized carbons (Fsp3) is 0.800. The summed E-state index contributed by atoms with van der Waals surface area (Å²) < 4.78 is 0. The van der Waals surface area contributed by atoms with Crippen LogP contribution in [0.3, 0.4) is 0 Å². The minimum absolute atomic E-state index is 0.0186. The van der Waals surface area contributed by atoms with Gasteiger partial charge in [-0.25, -0.2) is 0 Å². The molecule has 2 rings (SSSR count). The number of carboxylic acid groups (broad SMARTS) is 1. The number of amides is 2. The van der Waals surface area contributed by atoms with Crippen molar-refractivity contribution in [3.63, 3.8) is 0 Å². The molecule has 2 fully saturated rings. The smallest absolute Gasteiger partial charge is 0.306 e. The fourth-order valence-corrected chi connectivity index (χ4v) is 3.42. The van der Waals surface area contributed by atoms with Crippen molar-refractivity contribution < 1.29 is 19.5 Å². The van der Waals surface area contributed by atoms with Crippen LogP contribution < -0.4 is 0 Å². The molecule has 6 nitrogen and oxygen atoms in total. The summed E-state index contributed by atoms with van der Waals surface area (Å²) in [6.07, 6.45) is 2.71. The topological polar surface area (TPSA) is 77.9 Å². The van der Waals surface area contributed by atoms with Gasteiger partial charge in [-0.05, 0) is 32.6 Å². The van der Waals surface area contributed by atoms with E-state index in [0.29, 0.717) is 25.9 Å². The first kappa shape index (κ1) is 15.8. The number of hydrogen-bond donors (Lipinski definition) is 1. The second-order valence-corrected chi connectivity index (χ2v) is 6.24. The van der Waals surface area contributed by atoms with Crippen molar-refractivity contribution in [3.8, 4) is 0 Å². The van der Waals surface area contributed by atoms with Crippen LogP contribution >= 0.6 is 0 Å². The van der Waals surface area contributed by atoms with Gasteiger partial charge >= 0.3 is 5.97 Å². The van der Waals surface area contributed by atoms with Crippen molar-refractivity contribution in [3.05, 3.63) is 0 Å². The number of likely N-dealkylation sites (tertiary alicyclic amines) is 2. The van der Waals surface area contributed by atoms with E-state index in [2.05, 4.69) is 0 Å². The number of carbonyl (C=O) groups is 3. The van der Waals surface area contributed by atoms with Crippen molar-refractivity contribution in [1.82, 2.24) is 9.80 Å². The van der Waals surface area contributed by atoms with Crippen LogP contribution in [-0.2, 0) is 14.4 Å². The first-order chi connectivity index (χ1) is 9.90. The van der Waals surface area contributed by atoms with Crippen LogP contribution in [0.5, 0.6) is 0 Å². The third-order valence-electron chi connectivity index (χ3n) is 4.72. The molecule has 0 bridgehead atoms. The van der Waals surface area contributed by atoms with Crippen LogP contribution in [-0.4, -0.2) is 58.4 Å². The van der Waals surface area contributed by atoms with E-state index in [0.717, 1.165) is 19.4 Å². The molecule has 2 amide bonds. The standard InChI is InChI=1S/C15H24N2O4/c1-10-8-12(15(20)21)5-7-17(10)14(19)13-4-3-6-16(9-13)11(2)18/h10,12-13H,3-9H2,1-2H3,(H,20,21). The zero-order valence-corrected chi connectivity index (χ0v) is 12.7. The van der Waals surface area contributed by atoms with Crippen molar-refractivity contribution in [2.24, 2.45) is 11.8 Å². The van der Waals surface area contributed by atoms with Crippen LogP contribution in [0.25, 0.3) is 0 Å². The lowest BCUT2D eigenvalue weighted by Crippen LogP contribution is -2.51. The maximum Gasteiger partial charge on any atom is 0.306 e. The zero-order chi connectivity index (χ0) is 15.6. The molecule has 0 saturated carbocycles. The molecule has 0 aromatic rings. The average molecular weight is 296 g/mol. The third-order valence-corrected chi connectivity index (χ3v) is 4.72. The van der Waals surface area contributed by atoms with Crippen LogP contribution in [0.2, 0.25) is 0 Å². The predicted molar refractivity (Wildman–Crippen MR) is 76.5 cm³/mol. The summed E-state index contributed by atoms with van der Waals surface area (Å²) >= 11 is 0. The molecule has 0 aromatic heterocycles. The van der Waals surface area contributed by atoms with E-state index >= 15 is 0 Å². The number of nitrogens with zero attached hydrogens (tertiary/aromatic N) is 2. The summed E-state index contributed by atoms with van der Waals surface area (Å²) in [5, 5.41) is 9.08. The van der Waals surface area contributed by atoms with Crippen molar-refractivity contribution in [1.29, 1.82) is 0 Å². The number of aliphatic carboxylic acids is 1. The fourth-order valence-electron chi connectivity index (χ4n) is 3.42. The maximum atomic E-state index is 12.6. The van der Waals surface area contributed by atoms with Crippen molar-refractivity contribution in [2.45, 2.75) is 45.6 Å². The van der Waals surface area contributed by atoms with Gasteiger partial charge < -0.3 is 14.9 Å². The van der Waals surface area contributed by atoms with E-state index in [1.165, 1.54) is 6.92 Å². The molecule has 2 heterocycles. The molecule has 0 radical (unpaired) electrons. The van der Waals surface area contributed by atoms with Gasteiger partial charge in [0.25, 0.3) is 0 Å². The lowest BCUT2D eigenvalue weighted by atomic mass is 9.89. The van der Waals surface area contributed by atoms with E-state index in [1.807, 2.05) is 11.8 Å². The Hall–Kier alpha value is -1.59. The van der Waals surface area contributed by atoms with Gasteiger partial charge in [0.05, 0.1) is 11.8 Å². The summed E-state index contributed by atoms with van der Waals surface area (Å²) in [6, 6.07) is -0.0416. The summed E-state index contributed by atoms with van der Waals surface area (Å²) in [4.78, 5) is 38.7. The van der Waals surface area contributed by atoms with Gasteiger partial charge in [-0.3, -0.25) is 14.4 Å². The van der Waals surface area contributed by atoms with Crippen LogP contribution in [0.1, 0.15) is 39.5 Å². The summed E-state index contributed by atoms with van der Waals surface area (Å²) in [5.41, 5.74) is 0. The Balaban J connectivity index is 1.97. The van der Waals surface area contributed by atoms with Crippen LogP contribution in [0, 0.1) is 11.8 Å². The Bertz CT molecular complexity index is 437. The van der Waals surface area contributed by atoms with Gasteiger partial charge in [0.1, 0.15) is 0 Å². The second kappa shape index (κ2) is 6.45. The molecule has 6 heteroatoms. The van der Waals surface area contributed by atoms with Crippen LogP contribution in [0.4, 0.5) is 0 Å². The molecule has 3 atom stereocenters. The van der Waals surface area contributed by atoms with Gasteiger partial charge in [-0.15, -0.1) is 0 Å². The van der Waals surface area contributed by atoms with E-state index in [-0.39, 0.29) is 29.7 Å². The molecule has 21 heavy (non-hydrogen) atoms. The highest BCUT2D eigenvalue weighted by Crippen LogP contribution is 2.27. The molecule has 0 aliphatic carbocycles. The van der Waals surface area contributed by atoms with Gasteiger partial charge in [0, 0.05) is 32.6 Å². The molecular weight excluding hydrogens is 272 g/mol. The lowest BCUT2D eigenvalue weighted by Gasteiger charge is -2.40. The average Bonchev–Trinajstić information content (AvgIpc) is 2.46. The van der Waals surface area contributed by atoms with Gasteiger partial charge in [0.15, 0.2) is 0 Å². The normalized spacial score (nSPS) is 30.1. The Morgan fingerprint density at radius 3 is 2.38 bits per heavy atom. The van der Waals surface area contributed by atoms with Gasteiger partial charge in [-0.2, -0.15) is 0 Å². The molecule has 118 valence electrons. The van der Waals surface area contributed by atoms with E-state index in [1.54, 1.807) is 4.90 Å². The van der Waals surface area contributed by atoms with Gasteiger partial charge in [-0.1, -0.05) is 0 Å². The Kier molecular flexibility index (Phi) is 4.85. The molecule has 0 aromatic carbocycles. The highest BCUT2D eigenvalue weighted by atomic mass is 16.4. The molecule has 3 unspecified atom stereocenters. The van der Waals surface area contributed by atoms with E-state index in [9.17, 15) is 14.4 Å². The SMILES string of the molecule is CC(=O)N1CCCC(C(=O)N2CCC(C(=O)O)CC2C)C1. The van der Waals surface area contributed by atoms with Crippen molar-refractivity contribution in [2.75, 3.05) is 19.6 Å². The molecule has 0 spiro atoms. The molecule has 2 aliphatic heterocycles. The Morgan fingerprint density at radius 2 is 1.81 bits per heavy atom. The maximum absolute atomic E-state index is 12.6.